The van der Waals surface area contributed by atoms with Gasteiger partial charge in [-0.05, 0) is 18.1 Å². The Bertz CT molecular complexity index is 755. The quantitative estimate of drug-likeness (QED) is 0.797. The van der Waals surface area contributed by atoms with Crippen LogP contribution in [0.2, 0.25) is 0 Å². The third kappa shape index (κ3) is 3.31. The molecule has 1 amide bonds. The Labute approximate surface area is 135 Å². The number of carbonyl (C=O) groups excluding carboxylic acids is 1. The molecule has 4 heteroatoms. The summed E-state index contributed by atoms with van der Waals surface area (Å²) in [5.41, 5.74) is 2.63. The van der Waals surface area contributed by atoms with Crippen LogP contribution in [0.25, 0.3) is 0 Å². The van der Waals surface area contributed by atoms with E-state index in [9.17, 15) is 4.79 Å². The monoisotopic (exact) mass is 306 g/mol. The maximum atomic E-state index is 12.6. The summed E-state index contributed by atoms with van der Waals surface area (Å²) in [6.07, 6.45) is 0. The Morgan fingerprint density at radius 3 is 1.91 bits per heavy atom. The fraction of sp³-hybridized carbons (Fsp3) is 0.158. The molecule has 1 heterocycles. The summed E-state index contributed by atoms with van der Waals surface area (Å²) in [4.78, 5) is 16.7. The fourth-order valence-corrected chi connectivity index (χ4v) is 2.59. The van der Waals surface area contributed by atoms with Gasteiger partial charge >= 0.3 is 0 Å². The van der Waals surface area contributed by atoms with E-state index in [0.717, 1.165) is 11.1 Å². The molecule has 0 bridgehead atoms. The van der Waals surface area contributed by atoms with E-state index in [4.69, 9.17) is 4.42 Å². The van der Waals surface area contributed by atoms with Crippen molar-refractivity contribution in [2.45, 2.75) is 19.9 Å². The lowest BCUT2D eigenvalue weighted by Crippen LogP contribution is -2.29. The zero-order chi connectivity index (χ0) is 16.2. The van der Waals surface area contributed by atoms with Gasteiger partial charge in [-0.15, -0.1) is 0 Å². The van der Waals surface area contributed by atoms with Gasteiger partial charge in [-0.25, -0.2) is 4.98 Å². The molecule has 1 N–H and O–H groups in total. The maximum absolute atomic E-state index is 12.6. The van der Waals surface area contributed by atoms with Gasteiger partial charge in [0.05, 0.1) is 11.7 Å². The van der Waals surface area contributed by atoms with Crippen molar-refractivity contribution in [3.63, 3.8) is 0 Å². The molecule has 0 atom stereocenters. The first kappa shape index (κ1) is 15.0. The zero-order valence-electron chi connectivity index (χ0n) is 13.1. The van der Waals surface area contributed by atoms with Crippen LogP contribution in [0, 0.1) is 13.8 Å². The number of amides is 1. The predicted octanol–water partition coefficient (Wildman–Crippen LogP) is 3.81. The van der Waals surface area contributed by atoms with Crippen LogP contribution in [0.3, 0.4) is 0 Å². The van der Waals surface area contributed by atoms with Crippen molar-refractivity contribution in [3.05, 3.63) is 89.1 Å². The van der Waals surface area contributed by atoms with E-state index in [2.05, 4.69) is 10.3 Å². The molecule has 0 aliphatic carbocycles. The second-order valence-electron chi connectivity index (χ2n) is 5.38. The van der Waals surface area contributed by atoms with Gasteiger partial charge in [0.15, 0.2) is 5.89 Å². The molecule has 23 heavy (non-hydrogen) atoms. The number of nitrogens with one attached hydrogen (secondary N) is 1. The average molecular weight is 306 g/mol. The van der Waals surface area contributed by atoms with Crippen molar-refractivity contribution in [1.29, 1.82) is 0 Å². The molecular formula is C19H18N2O2. The van der Waals surface area contributed by atoms with E-state index in [1.807, 2.05) is 60.7 Å². The van der Waals surface area contributed by atoms with Gasteiger partial charge in [0.1, 0.15) is 0 Å². The highest BCUT2D eigenvalue weighted by Gasteiger charge is 2.21. The third-order valence-electron chi connectivity index (χ3n) is 3.65. The number of hydrogen-bond donors (Lipinski definition) is 1. The van der Waals surface area contributed by atoms with Crippen LogP contribution < -0.4 is 5.32 Å². The summed E-state index contributed by atoms with van der Waals surface area (Å²) < 4.78 is 5.43. The first-order valence-electron chi connectivity index (χ1n) is 7.50. The highest BCUT2D eigenvalue weighted by atomic mass is 16.4. The van der Waals surface area contributed by atoms with Crippen molar-refractivity contribution >= 4 is 5.91 Å². The molecule has 0 aliphatic rings. The second kappa shape index (κ2) is 6.48. The summed E-state index contributed by atoms with van der Waals surface area (Å²) in [6.45, 7) is 3.50. The van der Waals surface area contributed by atoms with E-state index in [1.165, 1.54) is 0 Å². The summed E-state index contributed by atoms with van der Waals surface area (Å²) in [6, 6.07) is 19.5. The topological polar surface area (TPSA) is 55.1 Å². The smallest absolute Gasteiger partial charge is 0.289 e. The number of hydrogen-bond acceptors (Lipinski definition) is 3. The van der Waals surface area contributed by atoms with E-state index >= 15 is 0 Å². The van der Waals surface area contributed by atoms with Crippen LogP contribution in [0.1, 0.15) is 39.3 Å². The first-order chi connectivity index (χ1) is 11.1. The van der Waals surface area contributed by atoms with Gasteiger partial charge in [0.25, 0.3) is 5.91 Å². The molecule has 0 radical (unpaired) electrons. The van der Waals surface area contributed by atoms with Gasteiger partial charge in [0, 0.05) is 6.92 Å². The standard InChI is InChI=1S/C19H18N2O2/c1-13-18(23-14(2)20-13)19(22)21-17(15-9-5-3-6-10-15)16-11-7-4-8-12-16/h3-12,17H,1-2H3,(H,21,22). The molecule has 3 rings (SSSR count). The predicted molar refractivity (Wildman–Crippen MR) is 88.2 cm³/mol. The number of oxazole rings is 1. The highest BCUT2D eigenvalue weighted by molar-refractivity contribution is 5.93. The average Bonchev–Trinajstić information content (AvgIpc) is 2.92. The van der Waals surface area contributed by atoms with Crippen molar-refractivity contribution in [1.82, 2.24) is 10.3 Å². The number of nitrogens with zero attached hydrogens (tertiary/aromatic N) is 1. The molecule has 0 aliphatic heterocycles. The number of aromatic nitrogens is 1. The molecule has 0 spiro atoms. The summed E-state index contributed by atoms with van der Waals surface area (Å²) in [5.74, 6) is 0.490. The third-order valence-corrected chi connectivity index (χ3v) is 3.65. The molecule has 1 aromatic heterocycles. The maximum Gasteiger partial charge on any atom is 0.289 e. The molecule has 2 aromatic carbocycles. The number of benzene rings is 2. The van der Waals surface area contributed by atoms with Crippen molar-refractivity contribution in [2.75, 3.05) is 0 Å². The summed E-state index contributed by atoms with van der Waals surface area (Å²) in [5, 5.41) is 3.05. The number of aryl methyl sites for hydroxylation is 2. The van der Waals surface area contributed by atoms with E-state index < -0.39 is 0 Å². The lowest BCUT2D eigenvalue weighted by Gasteiger charge is -2.19. The van der Waals surface area contributed by atoms with Crippen molar-refractivity contribution < 1.29 is 9.21 Å². The van der Waals surface area contributed by atoms with Gasteiger partial charge in [-0.3, -0.25) is 4.79 Å². The molecule has 116 valence electrons. The van der Waals surface area contributed by atoms with Crippen LogP contribution in [-0.4, -0.2) is 10.9 Å². The van der Waals surface area contributed by atoms with Crippen LogP contribution in [0.15, 0.2) is 65.1 Å². The SMILES string of the molecule is Cc1nc(C)c(C(=O)NC(c2ccccc2)c2ccccc2)o1. The van der Waals surface area contributed by atoms with Crippen LogP contribution >= 0.6 is 0 Å². The first-order valence-corrected chi connectivity index (χ1v) is 7.50. The van der Waals surface area contributed by atoms with Crippen LogP contribution in [-0.2, 0) is 0 Å². The number of rotatable bonds is 4. The summed E-state index contributed by atoms with van der Waals surface area (Å²) >= 11 is 0. The summed E-state index contributed by atoms with van der Waals surface area (Å²) in [7, 11) is 0. The van der Waals surface area contributed by atoms with Gasteiger partial charge in [0.2, 0.25) is 5.76 Å². The Balaban J connectivity index is 1.93. The van der Waals surface area contributed by atoms with Crippen molar-refractivity contribution in [2.24, 2.45) is 0 Å². The lowest BCUT2D eigenvalue weighted by atomic mass is 9.98. The fourth-order valence-electron chi connectivity index (χ4n) is 2.59. The molecule has 0 saturated heterocycles. The van der Waals surface area contributed by atoms with Crippen molar-refractivity contribution in [3.8, 4) is 0 Å². The number of carbonyl (C=O) groups is 1. The van der Waals surface area contributed by atoms with Crippen LogP contribution in [0.5, 0.6) is 0 Å². The second-order valence-corrected chi connectivity index (χ2v) is 5.38. The van der Waals surface area contributed by atoms with E-state index in [0.29, 0.717) is 11.6 Å². The highest BCUT2D eigenvalue weighted by Crippen LogP contribution is 2.22. The van der Waals surface area contributed by atoms with Gasteiger partial charge < -0.3 is 9.73 Å². The minimum Gasteiger partial charge on any atom is -0.436 e. The van der Waals surface area contributed by atoms with Gasteiger partial charge in [-0.2, -0.15) is 0 Å². The molecule has 4 nitrogen and oxygen atoms in total. The Morgan fingerprint density at radius 1 is 0.957 bits per heavy atom. The molecule has 0 unspecified atom stereocenters. The van der Waals surface area contributed by atoms with E-state index in [1.54, 1.807) is 13.8 Å². The minimum atomic E-state index is -0.263. The molecule has 3 aromatic rings. The zero-order valence-corrected chi connectivity index (χ0v) is 13.1. The Morgan fingerprint density at radius 2 is 1.48 bits per heavy atom. The Hall–Kier alpha value is -2.88. The minimum absolute atomic E-state index is 0.241. The van der Waals surface area contributed by atoms with E-state index in [-0.39, 0.29) is 17.7 Å². The van der Waals surface area contributed by atoms with Crippen LogP contribution in [0.4, 0.5) is 0 Å². The lowest BCUT2D eigenvalue weighted by molar-refractivity contribution is 0.0913. The Kier molecular flexibility index (Phi) is 4.24. The molecule has 0 fully saturated rings. The molecular weight excluding hydrogens is 288 g/mol. The largest absolute Gasteiger partial charge is 0.436 e. The van der Waals surface area contributed by atoms with Gasteiger partial charge in [-0.1, -0.05) is 60.7 Å². The molecule has 0 saturated carbocycles. The normalized spacial score (nSPS) is 10.7.